The van der Waals surface area contributed by atoms with Gasteiger partial charge in [0.15, 0.2) is 8.32 Å². The Morgan fingerprint density at radius 1 is 1.48 bits per heavy atom. The molecule has 5 heteroatoms. The van der Waals surface area contributed by atoms with E-state index in [0.717, 1.165) is 31.1 Å². The van der Waals surface area contributed by atoms with E-state index >= 15 is 0 Å². The lowest BCUT2D eigenvalue weighted by Gasteiger charge is -2.37. The number of hydrogen-bond donors (Lipinski definition) is 0. The quantitative estimate of drug-likeness (QED) is 0.317. The zero-order valence-corrected chi connectivity index (χ0v) is 14.9. The third-order valence-electron chi connectivity index (χ3n) is 4.31. The lowest BCUT2D eigenvalue weighted by atomic mass is 9.97. The fourth-order valence-electron chi connectivity index (χ4n) is 1.89. The van der Waals surface area contributed by atoms with Crippen molar-refractivity contribution in [2.24, 2.45) is 0 Å². The van der Waals surface area contributed by atoms with Gasteiger partial charge in [-0.1, -0.05) is 33.4 Å². The highest BCUT2D eigenvalue weighted by molar-refractivity contribution is 6.74. The summed E-state index contributed by atoms with van der Waals surface area (Å²) >= 11 is 0. The average molecular weight is 312 g/mol. The molecule has 0 aromatic carbocycles. The first-order valence-corrected chi connectivity index (χ1v) is 10.4. The van der Waals surface area contributed by atoms with Gasteiger partial charge < -0.3 is 13.9 Å². The van der Waals surface area contributed by atoms with E-state index in [1.54, 1.807) is 0 Å². The van der Waals surface area contributed by atoms with E-state index < -0.39 is 14.5 Å². The van der Waals surface area contributed by atoms with E-state index in [2.05, 4.69) is 51.3 Å². The summed E-state index contributed by atoms with van der Waals surface area (Å²) in [6, 6.07) is 0. The van der Waals surface area contributed by atoms with Crippen molar-refractivity contribution >= 4 is 14.5 Å². The summed E-state index contributed by atoms with van der Waals surface area (Å²) < 4.78 is 16.2. The van der Waals surface area contributed by atoms with E-state index in [4.69, 9.17) is 9.16 Å². The molecule has 0 spiro atoms. The molecule has 0 heterocycles. The molecule has 4 nitrogen and oxygen atoms in total. The number of ether oxygens (including phenoxy) is 2. The number of rotatable bonds is 5. The van der Waals surface area contributed by atoms with Crippen LogP contribution >= 0.6 is 0 Å². The molecule has 0 fully saturated rings. The number of hydrogen-bond acceptors (Lipinski definition) is 4. The minimum atomic E-state index is -1.80. The highest BCUT2D eigenvalue weighted by atomic mass is 28.4. The smallest absolute Gasteiger partial charge is 0.426 e. The molecule has 0 radical (unpaired) electrons. The Hall–Kier alpha value is -1.07. The van der Waals surface area contributed by atoms with Gasteiger partial charge in [0, 0.05) is 0 Å². The Morgan fingerprint density at radius 3 is 2.71 bits per heavy atom. The second-order valence-corrected chi connectivity index (χ2v) is 11.7. The standard InChI is InChI=1S/C16H28O4Si/c1-7-18-15(17)20-14-11-9-8-10-13(14)12-19-21(5,6)16(2,3)4/h7,10,14H,1,8-9,11-12H2,2-6H3. The third-order valence-corrected chi connectivity index (χ3v) is 8.79. The predicted octanol–water partition coefficient (Wildman–Crippen LogP) is 4.78. The van der Waals surface area contributed by atoms with Gasteiger partial charge in [0.1, 0.15) is 6.10 Å². The van der Waals surface area contributed by atoms with E-state index in [0.29, 0.717) is 6.61 Å². The van der Waals surface area contributed by atoms with Gasteiger partial charge in [-0.15, -0.1) is 0 Å². The van der Waals surface area contributed by atoms with Crippen molar-refractivity contribution in [2.75, 3.05) is 6.61 Å². The summed E-state index contributed by atoms with van der Waals surface area (Å²) in [6.07, 6.45) is 5.11. The van der Waals surface area contributed by atoms with Crippen molar-refractivity contribution in [1.82, 2.24) is 0 Å². The van der Waals surface area contributed by atoms with Gasteiger partial charge in [0.05, 0.1) is 12.9 Å². The zero-order chi connectivity index (χ0) is 16.1. The minimum Gasteiger partial charge on any atom is -0.426 e. The molecule has 0 N–H and O–H groups in total. The van der Waals surface area contributed by atoms with Crippen molar-refractivity contribution in [2.45, 2.75) is 64.3 Å². The first-order chi connectivity index (χ1) is 9.67. The van der Waals surface area contributed by atoms with Crippen LogP contribution in [0.4, 0.5) is 4.79 Å². The van der Waals surface area contributed by atoms with Crippen LogP contribution in [0.15, 0.2) is 24.5 Å². The van der Waals surface area contributed by atoms with Crippen LogP contribution in [0.1, 0.15) is 40.0 Å². The van der Waals surface area contributed by atoms with Gasteiger partial charge in [-0.3, -0.25) is 0 Å². The van der Waals surface area contributed by atoms with E-state index in [-0.39, 0.29) is 11.1 Å². The molecule has 0 aromatic rings. The van der Waals surface area contributed by atoms with Crippen LogP contribution in [-0.2, 0) is 13.9 Å². The first-order valence-electron chi connectivity index (χ1n) is 7.48. The van der Waals surface area contributed by atoms with Crippen LogP contribution in [0.25, 0.3) is 0 Å². The van der Waals surface area contributed by atoms with Crippen LogP contribution in [0, 0.1) is 0 Å². The fourth-order valence-corrected chi connectivity index (χ4v) is 2.85. The van der Waals surface area contributed by atoms with Gasteiger partial charge in [0.2, 0.25) is 0 Å². The Kier molecular flexibility index (Phi) is 6.22. The molecular weight excluding hydrogens is 284 g/mol. The second-order valence-electron chi connectivity index (χ2n) is 6.90. The van der Waals surface area contributed by atoms with E-state index in [9.17, 15) is 4.79 Å². The SMILES string of the molecule is C=COC(=O)OC1CCCC=C1CO[Si](C)(C)C(C)(C)C. The van der Waals surface area contributed by atoms with Crippen molar-refractivity contribution < 1.29 is 18.7 Å². The van der Waals surface area contributed by atoms with Crippen LogP contribution in [0.5, 0.6) is 0 Å². The molecule has 0 amide bonds. The molecule has 1 atom stereocenters. The summed E-state index contributed by atoms with van der Waals surface area (Å²) in [7, 11) is -1.80. The summed E-state index contributed by atoms with van der Waals surface area (Å²) in [4.78, 5) is 11.4. The predicted molar refractivity (Wildman–Crippen MR) is 86.6 cm³/mol. The average Bonchev–Trinajstić information content (AvgIpc) is 2.36. The fraction of sp³-hybridized carbons (Fsp3) is 0.688. The van der Waals surface area contributed by atoms with Gasteiger partial charge in [-0.25, -0.2) is 4.79 Å². The van der Waals surface area contributed by atoms with Gasteiger partial charge in [-0.2, -0.15) is 0 Å². The van der Waals surface area contributed by atoms with Crippen molar-refractivity contribution in [3.05, 3.63) is 24.5 Å². The number of allylic oxidation sites excluding steroid dienone is 1. The summed E-state index contributed by atoms with van der Waals surface area (Å²) in [5.74, 6) is 0. The molecule has 0 bridgehead atoms. The largest absolute Gasteiger partial charge is 0.513 e. The molecule has 1 aliphatic rings. The molecule has 1 unspecified atom stereocenters. The van der Waals surface area contributed by atoms with Crippen molar-refractivity contribution in [1.29, 1.82) is 0 Å². The normalized spacial score (nSPS) is 19.7. The first kappa shape index (κ1) is 18.0. The Morgan fingerprint density at radius 2 is 2.14 bits per heavy atom. The Labute approximate surface area is 129 Å². The lowest BCUT2D eigenvalue weighted by Crippen LogP contribution is -2.42. The van der Waals surface area contributed by atoms with Gasteiger partial charge >= 0.3 is 6.16 Å². The molecule has 120 valence electrons. The minimum absolute atomic E-state index is 0.167. The summed E-state index contributed by atoms with van der Waals surface area (Å²) in [6.45, 7) is 15.0. The molecule has 1 aliphatic carbocycles. The topological polar surface area (TPSA) is 44.8 Å². The maximum Gasteiger partial charge on any atom is 0.513 e. The monoisotopic (exact) mass is 312 g/mol. The summed E-state index contributed by atoms with van der Waals surface area (Å²) in [5, 5.41) is 0.167. The number of carbonyl (C=O) groups excluding carboxylic acids is 1. The highest BCUT2D eigenvalue weighted by Gasteiger charge is 2.37. The lowest BCUT2D eigenvalue weighted by molar-refractivity contribution is 0.0505. The Balaban J connectivity index is 2.64. The van der Waals surface area contributed by atoms with Gasteiger partial charge in [-0.05, 0) is 43.0 Å². The van der Waals surface area contributed by atoms with Gasteiger partial charge in [0.25, 0.3) is 0 Å². The van der Waals surface area contributed by atoms with Crippen LogP contribution in [0.3, 0.4) is 0 Å². The zero-order valence-electron chi connectivity index (χ0n) is 13.9. The van der Waals surface area contributed by atoms with E-state index in [1.165, 1.54) is 0 Å². The van der Waals surface area contributed by atoms with Crippen molar-refractivity contribution in [3.8, 4) is 0 Å². The molecule has 0 saturated carbocycles. The third kappa shape index (κ3) is 5.32. The second kappa shape index (κ2) is 7.27. The molecule has 0 aromatic heterocycles. The molecule has 0 saturated heterocycles. The Bertz CT molecular complexity index is 407. The molecule has 0 aliphatic heterocycles. The summed E-state index contributed by atoms with van der Waals surface area (Å²) in [5.41, 5.74) is 1.05. The molecule has 21 heavy (non-hydrogen) atoms. The maximum absolute atomic E-state index is 11.4. The van der Waals surface area contributed by atoms with Crippen LogP contribution < -0.4 is 0 Å². The van der Waals surface area contributed by atoms with Crippen LogP contribution in [-0.4, -0.2) is 27.2 Å². The van der Waals surface area contributed by atoms with E-state index in [1.807, 2.05) is 0 Å². The number of carbonyl (C=O) groups is 1. The molecule has 1 rings (SSSR count). The highest BCUT2D eigenvalue weighted by Crippen LogP contribution is 2.37. The van der Waals surface area contributed by atoms with Crippen LogP contribution in [0.2, 0.25) is 18.1 Å². The van der Waals surface area contributed by atoms with Crippen molar-refractivity contribution in [3.63, 3.8) is 0 Å². The maximum atomic E-state index is 11.4. The molecular formula is C16H28O4Si.